The highest BCUT2D eigenvalue weighted by molar-refractivity contribution is 5.84. The molecule has 1 aromatic carbocycles. The SMILES string of the molecule is C[C@@H](CCC(=O)OC(C)(C)C)C(=O)CN[C@H](Cc1ccccc1)C(=O)O. The number of carbonyl (C=O) groups is 3. The van der Waals surface area contributed by atoms with Gasteiger partial charge in [0.15, 0.2) is 0 Å². The molecular weight excluding hydrogens is 334 g/mol. The molecule has 0 aliphatic rings. The smallest absolute Gasteiger partial charge is 0.321 e. The minimum atomic E-state index is -0.997. The molecule has 0 fully saturated rings. The number of benzene rings is 1. The first-order valence-corrected chi connectivity index (χ1v) is 8.83. The highest BCUT2D eigenvalue weighted by atomic mass is 16.6. The van der Waals surface area contributed by atoms with Crippen molar-refractivity contribution in [2.24, 2.45) is 5.92 Å². The first kappa shape index (κ1) is 21.8. The van der Waals surface area contributed by atoms with Gasteiger partial charge in [0.05, 0.1) is 6.54 Å². The molecule has 0 aromatic heterocycles. The van der Waals surface area contributed by atoms with Crippen LogP contribution in [0.5, 0.6) is 0 Å². The summed E-state index contributed by atoms with van der Waals surface area (Å²) < 4.78 is 5.22. The van der Waals surface area contributed by atoms with E-state index in [0.29, 0.717) is 12.8 Å². The molecule has 0 saturated heterocycles. The molecule has 6 nitrogen and oxygen atoms in total. The van der Waals surface area contributed by atoms with Crippen molar-refractivity contribution in [1.29, 1.82) is 0 Å². The van der Waals surface area contributed by atoms with Crippen LogP contribution < -0.4 is 5.32 Å². The molecule has 6 heteroatoms. The monoisotopic (exact) mass is 363 g/mol. The summed E-state index contributed by atoms with van der Waals surface area (Å²) >= 11 is 0. The second-order valence-electron chi connectivity index (χ2n) is 7.45. The van der Waals surface area contributed by atoms with Gasteiger partial charge >= 0.3 is 11.9 Å². The second kappa shape index (κ2) is 10.1. The van der Waals surface area contributed by atoms with Crippen molar-refractivity contribution < 1.29 is 24.2 Å². The summed E-state index contributed by atoms with van der Waals surface area (Å²) in [7, 11) is 0. The molecule has 1 rings (SSSR count). The summed E-state index contributed by atoms with van der Waals surface area (Å²) in [6, 6.07) is 8.42. The van der Waals surface area contributed by atoms with Crippen molar-refractivity contribution in [3.8, 4) is 0 Å². The topological polar surface area (TPSA) is 92.7 Å². The van der Waals surface area contributed by atoms with Crippen molar-refractivity contribution >= 4 is 17.7 Å². The van der Waals surface area contributed by atoms with E-state index in [4.69, 9.17) is 4.74 Å². The Balaban J connectivity index is 2.44. The number of carbonyl (C=O) groups excluding carboxylic acids is 2. The van der Waals surface area contributed by atoms with Gasteiger partial charge in [0.1, 0.15) is 17.4 Å². The molecule has 144 valence electrons. The number of aliphatic carboxylic acids is 1. The van der Waals surface area contributed by atoms with E-state index in [0.717, 1.165) is 5.56 Å². The van der Waals surface area contributed by atoms with Crippen molar-refractivity contribution in [3.63, 3.8) is 0 Å². The number of rotatable bonds is 10. The molecule has 0 aliphatic heterocycles. The van der Waals surface area contributed by atoms with Gasteiger partial charge in [-0.3, -0.25) is 19.7 Å². The van der Waals surface area contributed by atoms with E-state index in [9.17, 15) is 19.5 Å². The van der Waals surface area contributed by atoms with E-state index in [1.165, 1.54) is 0 Å². The number of carboxylic acid groups (broad SMARTS) is 1. The van der Waals surface area contributed by atoms with E-state index in [2.05, 4.69) is 5.32 Å². The summed E-state index contributed by atoms with van der Waals surface area (Å²) in [5.41, 5.74) is 0.343. The predicted molar refractivity (Wildman–Crippen MR) is 98.8 cm³/mol. The lowest BCUT2D eigenvalue weighted by atomic mass is 9.99. The second-order valence-corrected chi connectivity index (χ2v) is 7.45. The number of esters is 1. The average molecular weight is 363 g/mol. The highest BCUT2D eigenvalue weighted by Crippen LogP contribution is 2.13. The fourth-order valence-electron chi connectivity index (χ4n) is 2.38. The van der Waals surface area contributed by atoms with Gasteiger partial charge in [-0.25, -0.2) is 0 Å². The minimum Gasteiger partial charge on any atom is -0.480 e. The third-order valence-corrected chi connectivity index (χ3v) is 3.85. The maximum atomic E-state index is 12.2. The summed E-state index contributed by atoms with van der Waals surface area (Å²) in [6.07, 6.45) is 0.845. The first-order chi connectivity index (χ1) is 12.1. The molecule has 2 atom stereocenters. The number of ether oxygens (including phenoxy) is 1. The Morgan fingerprint density at radius 1 is 1.15 bits per heavy atom. The lowest BCUT2D eigenvalue weighted by Crippen LogP contribution is -2.42. The van der Waals surface area contributed by atoms with Crippen LogP contribution in [0.3, 0.4) is 0 Å². The zero-order valence-corrected chi connectivity index (χ0v) is 16.0. The minimum absolute atomic E-state index is 0.0424. The largest absolute Gasteiger partial charge is 0.480 e. The molecule has 0 unspecified atom stereocenters. The zero-order valence-electron chi connectivity index (χ0n) is 16.0. The normalized spacial score (nSPS) is 13.7. The van der Waals surface area contributed by atoms with Crippen molar-refractivity contribution in [1.82, 2.24) is 5.32 Å². The van der Waals surface area contributed by atoms with Crippen LogP contribution in [-0.4, -0.2) is 41.0 Å². The predicted octanol–water partition coefficient (Wildman–Crippen LogP) is 2.60. The Morgan fingerprint density at radius 3 is 2.31 bits per heavy atom. The first-order valence-electron chi connectivity index (χ1n) is 8.83. The van der Waals surface area contributed by atoms with Crippen LogP contribution in [0.4, 0.5) is 0 Å². The number of hydrogen-bond acceptors (Lipinski definition) is 5. The van der Waals surface area contributed by atoms with Crippen LogP contribution in [0.2, 0.25) is 0 Å². The Morgan fingerprint density at radius 2 is 1.77 bits per heavy atom. The fraction of sp³-hybridized carbons (Fsp3) is 0.550. The molecule has 0 heterocycles. The lowest BCUT2D eigenvalue weighted by Gasteiger charge is -2.20. The quantitative estimate of drug-likeness (QED) is 0.621. The Labute approximate surface area is 154 Å². The van der Waals surface area contributed by atoms with Crippen LogP contribution in [0.15, 0.2) is 30.3 Å². The van der Waals surface area contributed by atoms with Gasteiger partial charge in [0, 0.05) is 12.3 Å². The van der Waals surface area contributed by atoms with Gasteiger partial charge in [-0.15, -0.1) is 0 Å². The lowest BCUT2D eigenvalue weighted by molar-refractivity contribution is -0.155. The van der Waals surface area contributed by atoms with Crippen LogP contribution in [0, 0.1) is 5.92 Å². The van der Waals surface area contributed by atoms with Crippen LogP contribution >= 0.6 is 0 Å². The van der Waals surface area contributed by atoms with E-state index in [-0.39, 0.29) is 30.6 Å². The van der Waals surface area contributed by atoms with E-state index in [1.807, 2.05) is 30.3 Å². The summed E-state index contributed by atoms with van der Waals surface area (Å²) in [6.45, 7) is 7.08. The van der Waals surface area contributed by atoms with Gasteiger partial charge in [-0.1, -0.05) is 37.3 Å². The maximum Gasteiger partial charge on any atom is 0.321 e. The standard InChI is InChI=1S/C20H29NO5/c1-14(10-11-18(23)26-20(2,3)4)17(22)13-21-16(19(24)25)12-15-8-6-5-7-9-15/h5-9,14,16,21H,10-13H2,1-4H3,(H,24,25)/t14-,16+/m0/s1. The van der Waals surface area contributed by atoms with Gasteiger partial charge in [0.2, 0.25) is 0 Å². The molecule has 0 spiro atoms. The third kappa shape index (κ3) is 8.76. The summed E-state index contributed by atoms with van der Waals surface area (Å²) in [4.78, 5) is 35.3. The summed E-state index contributed by atoms with van der Waals surface area (Å²) in [5, 5.41) is 12.1. The van der Waals surface area contributed by atoms with Gasteiger partial charge in [0.25, 0.3) is 0 Å². The number of Topliss-reactive ketones (excluding diaryl/α,β-unsaturated/α-hetero) is 1. The van der Waals surface area contributed by atoms with Gasteiger partial charge < -0.3 is 9.84 Å². The maximum absolute atomic E-state index is 12.2. The molecule has 0 bridgehead atoms. The molecule has 26 heavy (non-hydrogen) atoms. The molecule has 2 N–H and O–H groups in total. The van der Waals surface area contributed by atoms with Crippen LogP contribution in [0.25, 0.3) is 0 Å². The molecular formula is C20H29NO5. The van der Waals surface area contributed by atoms with Crippen LogP contribution in [0.1, 0.15) is 46.1 Å². The molecule has 0 saturated carbocycles. The summed E-state index contributed by atoms with van der Waals surface area (Å²) in [5.74, 6) is -1.80. The van der Waals surface area contributed by atoms with E-state index < -0.39 is 17.6 Å². The third-order valence-electron chi connectivity index (χ3n) is 3.85. The van der Waals surface area contributed by atoms with Crippen molar-refractivity contribution in [2.45, 2.75) is 58.6 Å². The number of ketones is 1. The molecule has 0 aliphatic carbocycles. The number of nitrogens with one attached hydrogen (secondary N) is 1. The highest BCUT2D eigenvalue weighted by Gasteiger charge is 2.22. The molecule has 0 radical (unpaired) electrons. The van der Waals surface area contributed by atoms with Crippen molar-refractivity contribution in [2.75, 3.05) is 6.54 Å². The average Bonchev–Trinajstić information content (AvgIpc) is 2.55. The number of carboxylic acids is 1. The Kier molecular flexibility index (Phi) is 8.45. The molecule has 1 aromatic rings. The molecule has 0 amide bonds. The zero-order chi connectivity index (χ0) is 19.7. The Bertz CT molecular complexity index is 606. The van der Waals surface area contributed by atoms with E-state index >= 15 is 0 Å². The fourth-order valence-corrected chi connectivity index (χ4v) is 2.38. The van der Waals surface area contributed by atoms with Gasteiger partial charge in [-0.2, -0.15) is 0 Å². The number of hydrogen-bond donors (Lipinski definition) is 2. The van der Waals surface area contributed by atoms with E-state index in [1.54, 1.807) is 27.7 Å². The Hall–Kier alpha value is -2.21. The van der Waals surface area contributed by atoms with Crippen molar-refractivity contribution in [3.05, 3.63) is 35.9 Å². The van der Waals surface area contributed by atoms with Gasteiger partial charge in [-0.05, 0) is 39.2 Å². The van der Waals surface area contributed by atoms with Crippen LogP contribution in [-0.2, 0) is 25.5 Å².